The van der Waals surface area contributed by atoms with Crippen molar-refractivity contribution < 1.29 is 26.2 Å². The minimum atomic E-state index is 0. The minimum Gasteiger partial charge on any atom is -0.0651 e. The predicted octanol–water partition coefficient (Wildman–Crippen LogP) is 7.85. The number of aryl methyl sites for hydroxylation is 1. The Hall–Kier alpha value is -0.937. The fourth-order valence-electron chi connectivity index (χ4n) is 7.93. The SMILES string of the molecule is CCCc1ccc(-c2cccc3c2C=C(CC24CC5CC(CC(C5)C2)C4)C3)cc1.[Zr]. The van der Waals surface area contributed by atoms with Gasteiger partial charge in [0.15, 0.2) is 0 Å². The number of rotatable bonds is 5. The zero-order valence-corrected chi connectivity index (χ0v) is 20.9. The number of benzene rings is 2. The van der Waals surface area contributed by atoms with E-state index in [1.54, 1.807) is 30.4 Å². The molecule has 0 saturated heterocycles. The van der Waals surface area contributed by atoms with Gasteiger partial charge < -0.3 is 0 Å². The van der Waals surface area contributed by atoms with Crippen molar-refractivity contribution in [2.45, 2.75) is 71.1 Å². The van der Waals surface area contributed by atoms with E-state index < -0.39 is 0 Å². The van der Waals surface area contributed by atoms with Crippen LogP contribution in [0.25, 0.3) is 17.2 Å². The first-order valence-electron chi connectivity index (χ1n) is 12.1. The molecule has 2 aromatic carbocycles. The monoisotopic (exact) mass is 472 g/mol. The molecule has 4 fully saturated rings. The summed E-state index contributed by atoms with van der Waals surface area (Å²) in [6.07, 6.45) is 16.8. The van der Waals surface area contributed by atoms with Crippen LogP contribution in [0.2, 0.25) is 0 Å². The Morgan fingerprint density at radius 3 is 2.17 bits per heavy atom. The number of allylic oxidation sites excluding steroid dienone is 1. The van der Waals surface area contributed by atoms with Crippen molar-refractivity contribution in [1.29, 1.82) is 0 Å². The average molecular weight is 474 g/mol. The summed E-state index contributed by atoms with van der Waals surface area (Å²) in [7, 11) is 0. The quantitative estimate of drug-likeness (QED) is 0.415. The normalized spacial score (nSPS) is 30.7. The molecule has 5 aliphatic rings. The van der Waals surface area contributed by atoms with Gasteiger partial charge in [0, 0.05) is 26.2 Å². The summed E-state index contributed by atoms with van der Waals surface area (Å²) < 4.78 is 0. The first-order valence-corrected chi connectivity index (χ1v) is 12.1. The summed E-state index contributed by atoms with van der Waals surface area (Å²) in [4.78, 5) is 0. The van der Waals surface area contributed by atoms with E-state index in [9.17, 15) is 0 Å². The van der Waals surface area contributed by atoms with Crippen molar-refractivity contribution in [1.82, 2.24) is 0 Å². The zero-order valence-electron chi connectivity index (χ0n) is 18.4. The van der Waals surface area contributed by atoms with Crippen LogP contribution in [0.3, 0.4) is 0 Å². The van der Waals surface area contributed by atoms with Crippen LogP contribution in [0.15, 0.2) is 48.0 Å². The van der Waals surface area contributed by atoms with E-state index in [0.29, 0.717) is 5.41 Å². The van der Waals surface area contributed by atoms with E-state index in [4.69, 9.17) is 0 Å². The maximum absolute atomic E-state index is 2.59. The largest absolute Gasteiger partial charge is 0.0651 e. The molecule has 0 nitrogen and oxygen atoms in total. The Bertz CT molecular complexity index is 914. The van der Waals surface area contributed by atoms with Gasteiger partial charge in [-0.25, -0.2) is 0 Å². The maximum atomic E-state index is 2.59. The molecular formula is C29H34Zr. The maximum Gasteiger partial charge on any atom is 0 e. The number of hydrogen-bond acceptors (Lipinski definition) is 0. The second-order valence-electron chi connectivity index (χ2n) is 10.9. The van der Waals surface area contributed by atoms with Crippen molar-refractivity contribution in [2.75, 3.05) is 0 Å². The van der Waals surface area contributed by atoms with Gasteiger partial charge in [-0.3, -0.25) is 0 Å². The molecule has 0 unspecified atom stereocenters. The topological polar surface area (TPSA) is 0 Å². The van der Waals surface area contributed by atoms with Crippen LogP contribution in [-0.4, -0.2) is 0 Å². The minimum absolute atomic E-state index is 0. The Morgan fingerprint density at radius 2 is 1.53 bits per heavy atom. The third-order valence-electron chi connectivity index (χ3n) is 8.53. The molecule has 1 heteroatoms. The third kappa shape index (κ3) is 3.74. The third-order valence-corrected chi connectivity index (χ3v) is 8.53. The summed E-state index contributed by atoms with van der Waals surface area (Å²) in [5.74, 6) is 3.17. The molecule has 5 aliphatic carbocycles. The van der Waals surface area contributed by atoms with Gasteiger partial charge in [-0.05, 0) is 109 Å². The molecule has 2 aromatic rings. The second-order valence-corrected chi connectivity index (χ2v) is 10.9. The van der Waals surface area contributed by atoms with E-state index in [1.165, 1.54) is 67.2 Å². The van der Waals surface area contributed by atoms with Crippen LogP contribution in [-0.2, 0) is 39.0 Å². The predicted molar refractivity (Wildman–Crippen MR) is 123 cm³/mol. The zero-order chi connectivity index (χ0) is 19.4. The van der Waals surface area contributed by atoms with Crippen LogP contribution < -0.4 is 0 Å². The summed E-state index contributed by atoms with van der Waals surface area (Å²) >= 11 is 0. The van der Waals surface area contributed by atoms with Crippen molar-refractivity contribution in [3.05, 3.63) is 64.7 Å². The Labute approximate surface area is 201 Å². The summed E-state index contributed by atoms with van der Waals surface area (Å²) in [5, 5.41) is 0. The van der Waals surface area contributed by atoms with E-state index in [0.717, 1.165) is 17.8 Å². The molecular weight excluding hydrogens is 440 g/mol. The van der Waals surface area contributed by atoms with Gasteiger partial charge in [0.25, 0.3) is 0 Å². The molecule has 0 aliphatic heterocycles. The fraction of sp³-hybridized carbons (Fsp3) is 0.517. The van der Waals surface area contributed by atoms with Crippen LogP contribution in [0, 0.1) is 23.2 Å². The summed E-state index contributed by atoms with van der Waals surface area (Å²) in [6.45, 7) is 2.26. The van der Waals surface area contributed by atoms with E-state index >= 15 is 0 Å². The van der Waals surface area contributed by atoms with Gasteiger partial charge in [0.2, 0.25) is 0 Å². The van der Waals surface area contributed by atoms with E-state index in [1.807, 2.05) is 0 Å². The Balaban J connectivity index is 0.00000193. The van der Waals surface area contributed by atoms with Gasteiger partial charge in [-0.15, -0.1) is 0 Å². The van der Waals surface area contributed by atoms with Crippen molar-refractivity contribution >= 4 is 6.08 Å². The molecule has 4 bridgehead atoms. The standard InChI is InChI=1S/C29H34.Zr/c1-2-4-20-7-9-25(10-8-20)27-6-3-5-26-14-24(15-28(26)27)19-29-16-21-11-22(17-29)13-23(12-21)18-29;/h3,5-10,15,21-23H,2,4,11-14,16-19H2,1H3;. The molecule has 0 spiro atoms. The molecule has 0 radical (unpaired) electrons. The molecule has 0 atom stereocenters. The van der Waals surface area contributed by atoms with Gasteiger partial charge in [0.05, 0.1) is 0 Å². The number of fused-ring (bicyclic) bond motifs is 1. The van der Waals surface area contributed by atoms with Crippen LogP contribution >= 0.6 is 0 Å². The fourth-order valence-corrected chi connectivity index (χ4v) is 7.93. The second kappa shape index (κ2) is 8.20. The molecule has 0 amide bonds. The van der Waals surface area contributed by atoms with Crippen LogP contribution in [0.4, 0.5) is 0 Å². The summed E-state index contributed by atoms with van der Waals surface area (Å²) in [5.41, 5.74) is 9.72. The molecule has 0 N–H and O–H groups in total. The average Bonchev–Trinajstić information content (AvgIpc) is 3.09. The van der Waals surface area contributed by atoms with Gasteiger partial charge in [0.1, 0.15) is 0 Å². The van der Waals surface area contributed by atoms with Gasteiger partial charge in [-0.1, -0.05) is 67.5 Å². The van der Waals surface area contributed by atoms with Crippen molar-refractivity contribution in [3.8, 4) is 11.1 Å². The number of hydrogen-bond donors (Lipinski definition) is 0. The Morgan fingerprint density at radius 1 is 0.867 bits per heavy atom. The van der Waals surface area contributed by atoms with E-state index in [-0.39, 0.29) is 26.2 Å². The van der Waals surface area contributed by atoms with Gasteiger partial charge >= 0.3 is 0 Å². The van der Waals surface area contributed by atoms with Crippen molar-refractivity contribution in [3.63, 3.8) is 0 Å². The van der Waals surface area contributed by atoms with Gasteiger partial charge in [-0.2, -0.15) is 0 Å². The smallest absolute Gasteiger partial charge is 0 e. The first kappa shape index (κ1) is 20.9. The molecule has 7 rings (SSSR count). The van der Waals surface area contributed by atoms with Crippen LogP contribution in [0.1, 0.15) is 75.0 Å². The molecule has 4 saturated carbocycles. The molecule has 0 aromatic heterocycles. The Kier molecular flexibility index (Phi) is 5.72. The molecule has 154 valence electrons. The van der Waals surface area contributed by atoms with Crippen LogP contribution in [0.5, 0.6) is 0 Å². The molecule has 30 heavy (non-hydrogen) atoms. The summed E-state index contributed by atoms with van der Waals surface area (Å²) in [6, 6.07) is 16.3. The van der Waals surface area contributed by atoms with Crippen molar-refractivity contribution in [2.24, 2.45) is 23.2 Å². The molecule has 0 heterocycles. The first-order chi connectivity index (χ1) is 14.2. The van der Waals surface area contributed by atoms with E-state index in [2.05, 4.69) is 55.5 Å².